The van der Waals surface area contributed by atoms with E-state index in [9.17, 15) is 4.79 Å². The van der Waals surface area contributed by atoms with E-state index in [0.717, 1.165) is 27.4 Å². The summed E-state index contributed by atoms with van der Waals surface area (Å²) < 4.78 is 6.48. The van der Waals surface area contributed by atoms with Crippen molar-refractivity contribution in [3.63, 3.8) is 0 Å². The van der Waals surface area contributed by atoms with Crippen molar-refractivity contribution in [2.24, 2.45) is 0 Å². The first-order chi connectivity index (χ1) is 12.5. The molecule has 0 radical (unpaired) electrons. The summed E-state index contributed by atoms with van der Waals surface area (Å²) in [4.78, 5) is 25.3. The van der Waals surface area contributed by atoms with Crippen LogP contribution in [0.3, 0.4) is 0 Å². The van der Waals surface area contributed by atoms with Gasteiger partial charge in [-0.3, -0.25) is 4.79 Å². The predicted octanol–water partition coefficient (Wildman–Crippen LogP) is 4.22. The summed E-state index contributed by atoms with van der Waals surface area (Å²) >= 11 is 2.93. The van der Waals surface area contributed by atoms with Gasteiger partial charge in [0.15, 0.2) is 10.3 Å². The van der Waals surface area contributed by atoms with Crippen molar-refractivity contribution >= 4 is 44.4 Å². The summed E-state index contributed by atoms with van der Waals surface area (Å²) in [6.45, 7) is 6.45. The highest BCUT2D eigenvalue weighted by atomic mass is 32.2. The van der Waals surface area contributed by atoms with Crippen molar-refractivity contribution in [3.8, 4) is 5.75 Å². The second-order valence-electron chi connectivity index (χ2n) is 5.66. The average molecular weight is 389 g/mol. The molecule has 3 aromatic rings. The fourth-order valence-corrected chi connectivity index (χ4v) is 4.19. The Bertz CT molecular complexity index is 906. The molecular formula is C18H20N4O2S2. The van der Waals surface area contributed by atoms with E-state index in [0.29, 0.717) is 29.1 Å². The molecule has 0 saturated heterocycles. The third-order valence-corrected chi connectivity index (χ3v) is 5.22. The molecule has 6 nitrogen and oxygen atoms in total. The summed E-state index contributed by atoms with van der Waals surface area (Å²) in [6.07, 6.45) is 0.376. The van der Waals surface area contributed by atoms with Crippen molar-refractivity contribution in [1.29, 1.82) is 0 Å². The van der Waals surface area contributed by atoms with Crippen LogP contribution in [0.2, 0.25) is 0 Å². The molecule has 2 aromatic heterocycles. The summed E-state index contributed by atoms with van der Waals surface area (Å²) in [5, 5.41) is 4.18. The van der Waals surface area contributed by atoms with Gasteiger partial charge >= 0.3 is 0 Å². The van der Waals surface area contributed by atoms with Crippen molar-refractivity contribution in [2.75, 3.05) is 17.7 Å². The van der Waals surface area contributed by atoms with Gasteiger partial charge in [0, 0.05) is 23.6 Å². The van der Waals surface area contributed by atoms with Crippen LogP contribution >= 0.6 is 23.1 Å². The maximum absolute atomic E-state index is 12.2. The average Bonchev–Trinajstić information content (AvgIpc) is 2.95. The summed E-state index contributed by atoms with van der Waals surface area (Å²) in [7, 11) is 0. The number of nitrogens with zero attached hydrogens (tertiary/aromatic N) is 3. The molecule has 0 fully saturated rings. The lowest BCUT2D eigenvalue weighted by Gasteiger charge is -2.03. The van der Waals surface area contributed by atoms with Crippen LogP contribution in [0.4, 0.5) is 5.13 Å². The molecule has 1 aromatic carbocycles. The van der Waals surface area contributed by atoms with Crippen molar-refractivity contribution in [1.82, 2.24) is 15.0 Å². The molecule has 8 heteroatoms. The predicted molar refractivity (Wildman–Crippen MR) is 106 cm³/mol. The molecule has 0 saturated carbocycles. The van der Waals surface area contributed by atoms with E-state index in [-0.39, 0.29) is 5.91 Å². The standard InChI is InChI=1S/C18H20N4O2S2/c1-4-24-13-5-6-14-15(10-13)26-18(21-14)22-16(23)7-8-25-17-19-11(2)9-12(3)20-17/h5-6,9-10H,4,7-8H2,1-3H3,(H,21,22,23). The van der Waals surface area contributed by atoms with Gasteiger partial charge in [-0.1, -0.05) is 23.1 Å². The van der Waals surface area contributed by atoms with Crippen LogP contribution in [-0.4, -0.2) is 33.2 Å². The van der Waals surface area contributed by atoms with Crippen LogP contribution in [0.15, 0.2) is 29.4 Å². The minimum Gasteiger partial charge on any atom is -0.494 e. The Balaban J connectivity index is 1.55. The summed E-state index contributed by atoms with van der Waals surface area (Å²) in [5.41, 5.74) is 2.72. The lowest BCUT2D eigenvalue weighted by atomic mass is 10.3. The maximum Gasteiger partial charge on any atom is 0.226 e. The van der Waals surface area contributed by atoms with E-state index in [4.69, 9.17) is 4.74 Å². The summed E-state index contributed by atoms with van der Waals surface area (Å²) in [5.74, 6) is 1.37. The van der Waals surface area contributed by atoms with Gasteiger partial charge in [-0.2, -0.15) is 0 Å². The molecular weight excluding hydrogens is 368 g/mol. The first kappa shape index (κ1) is 18.6. The Morgan fingerprint density at radius 3 is 2.69 bits per heavy atom. The third-order valence-electron chi connectivity index (χ3n) is 3.44. The number of amides is 1. The highest BCUT2D eigenvalue weighted by Crippen LogP contribution is 2.29. The quantitative estimate of drug-likeness (QED) is 0.482. The molecule has 1 amide bonds. The molecule has 0 aliphatic rings. The van der Waals surface area contributed by atoms with Crippen molar-refractivity contribution < 1.29 is 9.53 Å². The number of fused-ring (bicyclic) bond motifs is 1. The Morgan fingerprint density at radius 2 is 1.96 bits per heavy atom. The molecule has 3 rings (SSSR count). The van der Waals surface area contributed by atoms with Gasteiger partial charge in [0.1, 0.15) is 5.75 Å². The molecule has 136 valence electrons. The normalized spacial score (nSPS) is 10.9. The Hall–Kier alpha value is -2.19. The number of hydrogen-bond acceptors (Lipinski definition) is 7. The highest BCUT2D eigenvalue weighted by Gasteiger charge is 2.10. The number of aryl methyl sites for hydroxylation is 2. The fourth-order valence-electron chi connectivity index (χ4n) is 2.39. The monoisotopic (exact) mass is 388 g/mol. The molecule has 1 N–H and O–H groups in total. The molecule has 26 heavy (non-hydrogen) atoms. The third kappa shape index (κ3) is 4.92. The number of carbonyl (C=O) groups is 1. The molecule has 0 unspecified atom stereocenters. The maximum atomic E-state index is 12.2. The second kappa shape index (κ2) is 8.46. The van der Waals surface area contributed by atoms with Gasteiger partial charge in [0.25, 0.3) is 0 Å². The first-order valence-electron chi connectivity index (χ1n) is 8.32. The SMILES string of the molecule is CCOc1ccc2nc(NC(=O)CCSc3nc(C)cc(C)n3)sc2c1. The number of anilines is 1. The largest absolute Gasteiger partial charge is 0.494 e. The van der Waals surface area contributed by atoms with Crippen LogP contribution in [-0.2, 0) is 4.79 Å². The molecule has 0 bridgehead atoms. The molecule has 0 spiro atoms. The number of hydrogen-bond donors (Lipinski definition) is 1. The summed E-state index contributed by atoms with van der Waals surface area (Å²) in [6, 6.07) is 7.66. The minimum atomic E-state index is -0.0639. The zero-order valence-corrected chi connectivity index (χ0v) is 16.5. The van der Waals surface area contributed by atoms with Gasteiger partial charge in [-0.25, -0.2) is 15.0 Å². The fraction of sp³-hybridized carbons (Fsp3) is 0.333. The van der Waals surface area contributed by atoms with Crippen LogP contribution in [0.5, 0.6) is 5.75 Å². The zero-order chi connectivity index (χ0) is 18.5. The number of benzene rings is 1. The number of thioether (sulfide) groups is 1. The second-order valence-corrected chi connectivity index (χ2v) is 7.75. The van der Waals surface area contributed by atoms with E-state index in [1.54, 1.807) is 0 Å². The molecule has 0 aliphatic carbocycles. The highest BCUT2D eigenvalue weighted by molar-refractivity contribution is 7.99. The van der Waals surface area contributed by atoms with E-state index >= 15 is 0 Å². The number of ether oxygens (including phenoxy) is 1. The number of aromatic nitrogens is 3. The lowest BCUT2D eigenvalue weighted by Crippen LogP contribution is -2.12. The topological polar surface area (TPSA) is 77.0 Å². The van der Waals surface area contributed by atoms with E-state index in [1.165, 1.54) is 23.1 Å². The van der Waals surface area contributed by atoms with Gasteiger partial charge in [0.05, 0.1) is 16.8 Å². The van der Waals surface area contributed by atoms with Gasteiger partial charge < -0.3 is 10.1 Å². The number of carbonyl (C=O) groups excluding carboxylic acids is 1. The molecule has 0 atom stereocenters. The molecule has 0 aliphatic heterocycles. The van der Waals surface area contributed by atoms with E-state index < -0.39 is 0 Å². The van der Waals surface area contributed by atoms with Gasteiger partial charge in [-0.15, -0.1) is 0 Å². The van der Waals surface area contributed by atoms with Crippen molar-refractivity contribution in [3.05, 3.63) is 35.7 Å². The van der Waals surface area contributed by atoms with Gasteiger partial charge in [-0.05, 0) is 45.0 Å². The lowest BCUT2D eigenvalue weighted by molar-refractivity contribution is -0.115. The Morgan fingerprint density at radius 1 is 1.19 bits per heavy atom. The number of nitrogens with one attached hydrogen (secondary N) is 1. The number of thiazole rings is 1. The Labute approximate surface area is 160 Å². The van der Waals surface area contributed by atoms with Gasteiger partial charge in [0.2, 0.25) is 5.91 Å². The van der Waals surface area contributed by atoms with E-state index in [2.05, 4.69) is 20.3 Å². The van der Waals surface area contributed by atoms with Crippen LogP contribution < -0.4 is 10.1 Å². The van der Waals surface area contributed by atoms with Crippen LogP contribution in [0, 0.1) is 13.8 Å². The first-order valence-corrected chi connectivity index (χ1v) is 10.1. The zero-order valence-electron chi connectivity index (χ0n) is 14.9. The minimum absolute atomic E-state index is 0.0639. The molecule has 2 heterocycles. The van der Waals surface area contributed by atoms with Crippen molar-refractivity contribution in [2.45, 2.75) is 32.3 Å². The van der Waals surface area contributed by atoms with Crippen LogP contribution in [0.25, 0.3) is 10.2 Å². The van der Waals surface area contributed by atoms with E-state index in [1.807, 2.05) is 45.0 Å². The number of rotatable bonds is 7. The smallest absolute Gasteiger partial charge is 0.226 e. The Kier molecular flexibility index (Phi) is 6.05. The van der Waals surface area contributed by atoms with Crippen LogP contribution in [0.1, 0.15) is 24.7 Å².